The highest BCUT2D eigenvalue weighted by Crippen LogP contribution is 2.29. The molecule has 3 rings (SSSR count). The van der Waals surface area contributed by atoms with E-state index < -0.39 is 21.9 Å². The van der Waals surface area contributed by atoms with Crippen molar-refractivity contribution in [3.8, 4) is 0 Å². The van der Waals surface area contributed by atoms with Crippen LogP contribution in [-0.4, -0.2) is 38.1 Å². The number of carbonyl (C=O) groups is 1. The van der Waals surface area contributed by atoms with Crippen molar-refractivity contribution in [2.75, 3.05) is 17.1 Å². The predicted octanol–water partition coefficient (Wildman–Crippen LogP) is 3.61. The molecule has 0 saturated heterocycles. The number of nitrogens with zero attached hydrogens (tertiary/aromatic N) is 2. The number of rotatable bonds is 5. The molecule has 0 radical (unpaired) electrons. The molecular weight excluding hydrogens is 403 g/mol. The summed E-state index contributed by atoms with van der Waals surface area (Å²) in [7, 11) is -3.80. The second-order valence-corrected chi connectivity index (χ2v) is 9.13. The van der Waals surface area contributed by atoms with E-state index in [4.69, 9.17) is 11.6 Å². The van der Waals surface area contributed by atoms with Crippen molar-refractivity contribution in [1.29, 1.82) is 0 Å². The number of amides is 1. The standard InChI is InChI=1S/C20H22ClFN2O3S/c1-3-19(20(25)23-11-10-14-6-4-5-7-15(14)13-23)24(28(2,26)27)16-8-9-18(22)17(21)12-16/h4-9,12,19H,3,10-11,13H2,1-2H3/t19-/m0/s1. The van der Waals surface area contributed by atoms with Crippen molar-refractivity contribution in [3.05, 3.63) is 64.4 Å². The molecule has 2 aromatic carbocycles. The lowest BCUT2D eigenvalue weighted by Gasteiger charge is -2.36. The summed E-state index contributed by atoms with van der Waals surface area (Å²) in [6.45, 7) is 2.71. The number of sulfonamides is 1. The molecular formula is C20H22ClFN2O3S. The largest absolute Gasteiger partial charge is 0.336 e. The monoisotopic (exact) mass is 424 g/mol. The van der Waals surface area contributed by atoms with Gasteiger partial charge in [-0.3, -0.25) is 9.10 Å². The first-order valence-electron chi connectivity index (χ1n) is 9.02. The molecule has 0 N–H and O–H groups in total. The van der Waals surface area contributed by atoms with Gasteiger partial charge in [0, 0.05) is 13.1 Å². The summed E-state index contributed by atoms with van der Waals surface area (Å²) in [5, 5.41) is -0.194. The van der Waals surface area contributed by atoms with Gasteiger partial charge in [-0.25, -0.2) is 12.8 Å². The Morgan fingerprint density at radius 1 is 1.25 bits per heavy atom. The first-order valence-corrected chi connectivity index (χ1v) is 11.2. The molecule has 1 heterocycles. The molecule has 2 aromatic rings. The third-order valence-corrected chi connectivity index (χ3v) is 6.38. The Morgan fingerprint density at radius 2 is 1.93 bits per heavy atom. The second-order valence-electron chi connectivity index (χ2n) is 6.86. The maximum absolute atomic E-state index is 13.6. The normalized spacial score (nSPS) is 15.1. The van der Waals surface area contributed by atoms with Crippen LogP contribution >= 0.6 is 11.6 Å². The van der Waals surface area contributed by atoms with Crippen LogP contribution in [0.5, 0.6) is 0 Å². The number of hydrogen-bond acceptors (Lipinski definition) is 3. The molecule has 150 valence electrons. The van der Waals surface area contributed by atoms with Gasteiger partial charge in [0.05, 0.1) is 17.0 Å². The Morgan fingerprint density at radius 3 is 2.54 bits per heavy atom. The number of benzene rings is 2. The Kier molecular flexibility index (Phi) is 5.95. The van der Waals surface area contributed by atoms with E-state index in [0.29, 0.717) is 13.1 Å². The summed E-state index contributed by atoms with van der Waals surface area (Å²) >= 11 is 5.85. The molecule has 0 aromatic heterocycles. The van der Waals surface area contributed by atoms with Gasteiger partial charge >= 0.3 is 0 Å². The quantitative estimate of drug-likeness (QED) is 0.736. The highest BCUT2D eigenvalue weighted by molar-refractivity contribution is 7.92. The summed E-state index contributed by atoms with van der Waals surface area (Å²) < 4.78 is 39.7. The molecule has 0 aliphatic carbocycles. The van der Waals surface area contributed by atoms with E-state index in [-0.39, 0.29) is 23.0 Å². The molecule has 8 heteroatoms. The first-order chi connectivity index (χ1) is 13.2. The lowest BCUT2D eigenvalue weighted by atomic mass is 9.99. The molecule has 0 fully saturated rings. The Labute approximate surface area is 169 Å². The summed E-state index contributed by atoms with van der Waals surface area (Å²) in [5.41, 5.74) is 2.43. The van der Waals surface area contributed by atoms with Crippen molar-refractivity contribution in [2.24, 2.45) is 0 Å². The van der Waals surface area contributed by atoms with Crippen LogP contribution in [-0.2, 0) is 27.8 Å². The van der Waals surface area contributed by atoms with E-state index in [1.54, 1.807) is 11.8 Å². The number of anilines is 1. The number of hydrogen-bond donors (Lipinski definition) is 0. The molecule has 1 aliphatic rings. The Balaban J connectivity index is 1.94. The van der Waals surface area contributed by atoms with E-state index in [2.05, 4.69) is 0 Å². The fourth-order valence-corrected chi connectivity index (χ4v) is 4.93. The second kappa shape index (κ2) is 8.09. The SMILES string of the molecule is CC[C@@H](C(=O)N1CCc2ccccc2C1)N(c1ccc(F)c(Cl)c1)S(C)(=O)=O. The smallest absolute Gasteiger partial charge is 0.246 e. The van der Waals surface area contributed by atoms with Gasteiger partial charge in [0.2, 0.25) is 15.9 Å². The van der Waals surface area contributed by atoms with Crippen LogP contribution in [0.3, 0.4) is 0 Å². The van der Waals surface area contributed by atoms with Crippen LogP contribution < -0.4 is 4.31 Å². The lowest BCUT2D eigenvalue weighted by Crippen LogP contribution is -2.51. The third-order valence-electron chi connectivity index (χ3n) is 4.91. The van der Waals surface area contributed by atoms with Gasteiger partial charge in [0.15, 0.2) is 0 Å². The molecule has 0 saturated carbocycles. The highest BCUT2D eigenvalue weighted by Gasteiger charge is 2.35. The fraction of sp³-hybridized carbons (Fsp3) is 0.350. The van der Waals surface area contributed by atoms with Crippen LogP contribution in [0, 0.1) is 5.82 Å². The number of fused-ring (bicyclic) bond motifs is 1. The molecule has 1 atom stereocenters. The summed E-state index contributed by atoms with van der Waals surface area (Å²) in [4.78, 5) is 14.9. The summed E-state index contributed by atoms with van der Waals surface area (Å²) in [5.74, 6) is -0.922. The topological polar surface area (TPSA) is 57.7 Å². The highest BCUT2D eigenvalue weighted by atomic mass is 35.5. The van der Waals surface area contributed by atoms with Crippen molar-refractivity contribution in [2.45, 2.75) is 32.4 Å². The van der Waals surface area contributed by atoms with E-state index in [1.807, 2.05) is 24.3 Å². The minimum Gasteiger partial charge on any atom is -0.336 e. The van der Waals surface area contributed by atoms with Crippen molar-refractivity contribution >= 4 is 33.2 Å². The van der Waals surface area contributed by atoms with Gasteiger partial charge in [0.1, 0.15) is 11.9 Å². The molecule has 28 heavy (non-hydrogen) atoms. The molecule has 0 bridgehead atoms. The first kappa shape index (κ1) is 20.6. The van der Waals surface area contributed by atoms with Crippen LogP contribution in [0.15, 0.2) is 42.5 Å². The minimum atomic E-state index is -3.80. The molecule has 1 amide bonds. The third kappa shape index (κ3) is 4.15. The van der Waals surface area contributed by atoms with E-state index >= 15 is 0 Å². The maximum atomic E-state index is 13.6. The van der Waals surface area contributed by atoms with Gasteiger partial charge in [0.25, 0.3) is 0 Å². The van der Waals surface area contributed by atoms with Gasteiger partial charge in [-0.1, -0.05) is 42.8 Å². The van der Waals surface area contributed by atoms with E-state index in [1.165, 1.54) is 17.7 Å². The van der Waals surface area contributed by atoms with E-state index in [0.717, 1.165) is 28.6 Å². The van der Waals surface area contributed by atoms with Gasteiger partial charge < -0.3 is 4.90 Å². The molecule has 0 unspecified atom stereocenters. The average Bonchev–Trinajstić information content (AvgIpc) is 2.66. The van der Waals surface area contributed by atoms with Crippen molar-refractivity contribution < 1.29 is 17.6 Å². The lowest BCUT2D eigenvalue weighted by molar-refractivity contribution is -0.133. The van der Waals surface area contributed by atoms with Crippen LogP contribution in [0.1, 0.15) is 24.5 Å². The number of halogens is 2. The zero-order chi connectivity index (χ0) is 20.5. The van der Waals surface area contributed by atoms with Gasteiger partial charge in [-0.15, -0.1) is 0 Å². The summed E-state index contributed by atoms with van der Waals surface area (Å²) in [6, 6.07) is 10.6. The molecule has 0 spiro atoms. The van der Waals surface area contributed by atoms with Crippen LogP contribution in [0.2, 0.25) is 5.02 Å². The van der Waals surface area contributed by atoms with Crippen LogP contribution in [0.4, 0.5) is 10.1 Å². The van der Waals surface area contributed by atoms with Crippen LogP contribution in [0.25, 0.3) is 0 Å². The van der Waals surface area contributed by atoms with Crippen molar-refractivity contribution in [3.63, 3.8) is 0 Å². The molecule has 5 nitrogen and oxygen atoms in total. The predicted molar refractivity (Wildman–Crippen MR) is 108 cm³/mol. The Bertz CT molecular complexity index is 997. The molecule has 1 aliphatic heterocycles. The van der Waals surface area contributed by atoms with E-state index in [9.17, 15) is 17.6 Å². The summed E-state index contributed by atoms with van der Waals surface area (Å²) in [6.07, 6.45) is 2.03. The minimum absolute atomic E-state index is 0.173. The fourth-order valence-electron chi connectivity index (χ4n) is 3.56. The zero-order valence-electron chi connectivity index (χ0n) is 15.7. The maximum Gasteiger partial charge on any atom is 0.246 e. The number of carbonyl (C=O) groups excluding carboxylic acids is 1. The Hall–Kier alpha value is -2.12. The van der Waals surface area contributed by atoms with Gasteiger partial charge in [-0.05, 0) is 42.2 Å². The average molecular weight is 425 g/mol. The van der Waals surface area contributed by atoms with Crippen molar-refractivity contribution in [1.82, 2.24) is 4.90 Å². The van der Waals surface area contributed by atoms with Gasteiger partial charge in [-0.2, -0.15) is 0 Å². The zero-order valence-corrected chi connectivity index (χ0v) is 17.3.